The van der Waals surface area contributed by atoms with E-state index < -0.39 is 11.4 Å². The molecule has 6 heteroatoms. The van der Waals surface area contributed by atoms with E-state index in [1.54, 1.807) is 43.0 Å². The Morgan fingerprint density at radius 3 is 2.29 bits per heavy atom. The zero-order valence-corrected chi connectivity index (χ0v) is 12.3. The molecule has 1 aliphatic rings. The molecule has 0 bridgehead atoms. The van der Waals surface area contributed by atoms with Gasteiger partial charge in [-0.3, -0.25) is 4.79 Å². The van der Waals surface area contributed by atoms with Crippen LogP contribution in [0, 0.1) is 0 Å². The van der Waals surface area contributed by atoms with Crippen LogP contribution in [0.4, 0.5) is 10.5 Å². The van der Waals surface area contributed by atoms with Crippen molar-refractivity contribution in [2.45, 2.75) is 19.3 Å². The number of morpholine rings is 1. The fraction of sp³-hybridized carbons (Fsp3) is 0.467. The fourth-order valence-electron chi connectivity index (χ4n) is 2.06. The summed E-state index contributed by atoms with van der Waals surface area (Å²) in [5, 5.41) is 12.0. The first kappa shape index (κ1) is 15.3. The average Bonchev–Trinajstić information content (AvgIpc) is 2.48. The van der Waals surface area contributed by atoms with Crippen molar-refractivity contribution in [3.8, 4) is 0 Å². The number of nitrogens with zero attached hydrogens (tertiary/aromatic N) is 1. The molecule has 1 aromatic rings. The topological polar surface area (TPSA) is 78.9 Å². The number of nitrogens with one attached hydrogen (secondary N) is 1. The van der Waals surface area contributed by atoms with Gasteiger partial charge in [0.05, 0.1) is 18.6 Å². The molecule has 1 aliphatic heterocycles. The molecule has 2 rings (SSSR count). The number of carboxylic acids is 1. The van der Waals surface area contributed by atoms with Crippen molar-refractivity contribution >= 4 is 17.7 Å². The van der Waals surface area contributed by atoms with Crippen LogP contribution in [0.1, 0.15) is 19.4 Å². The lowest BCUT2D eigenvalue weighted by atomic mass is 9.85. The van der Waals surface area contributed by atoms with Gasteiger partial charge in [-0.1, -0.05) is 12.1 Å². The number of ether oxygens (including phenoxy) is 1. The van der Waals surface area contributed by atoms with Crippen LogP contribution in [0.3, 0.4) is 0 Å². The van der Waals surface area contributed by atoms with E-state index in [1.807, 2.05) is 0 Å². The maximum absolute atomic E-state index is 12.0. The van der Waals surface area contributed by atoms with E-state index in [0.717, 1.165) is 0 Å². The Labute approximate surface area is 123 Å². The normalized spacial score (nSPS) is 15.6. The van der Waals surface area contributed by atoms with Gasteiger partial charge in [0.25, 0.3) is 0 Å². The smallest absolute Gasteiger partial charge is 0.321 e. The number of carboxylic acid groups (broad SMARTS) is 1. The van der Waals surface area contributed by atoms with Gasteiger partial charge in [-0.2, -0.15) is 0 Å². The molecule has 1 saturated heterocycles. The summed E-state index contributed by atoms with van der Waals surface area (Å²) < 4.78 is 5.20. The van der Waals surface area contributed by atoms with E-state index in [-0.39, 0.29) is 6.03 Å². The van der Waals surface area contributed by atoms with Crippen molar-refractivity contribution in [3.63, 3.8) is 0 Å². The highest BCUT2D eigenvalue weighted by molar-refractivity contribution is 5.89. The summed E-state index contributed by atoms with van der Waals surface area (Å²) in [4.78, 5) is 24.9. The third-order valence-corrected chi connectivity index (χ3v) is 3.69. The van der Waals surface area contributed by atoms with Crippen molar-refractivity contribution in [2.24, 2.45) is 0 Å². The van der Waals surface area contributed by atoms with E-state index in [4.69, 9.17) is 4.74 Å². The number of carbonyl (C=O) groups excluding carboxylic acids is 1. The first-order valence-electron chi connectivity index (χ1n) is 6.89. The van der Waals surface area contributed by atoms with Crippen LogP contribution in [0.5, 0.6) is 0 Å². The number of amides is 2. The molecular weight excluding hydrogens is 272 g/mol. The molecule has 1 heterocycles. The Morgan fingerprint density at radius 1 is 1.19 bits per heavy atom. The standard InChI is InChI=1S/C15H20N2O4/c1-15(2,13(18)19)11-3-5-12(6-4-11)16-14(20)17-7-9-21-10-8-17/h3-6H,7-10H2,1-2H3,(H,16,20)(H,18,19). The van der Waals surface area contributed by atoms with E-state index >= 15 is 0 Å². The minimum atomic E-state index is -0.952. The maximum Gasteiger partial charge on any atom is 0.321 e. The second-order valence-electron chi connectivity index (χ2n) is 5.54. The fourth-order valence-corrected chi connectivity index (χ4v) is 2.06. The van der Waals surface area contributed by atoms with Gasteiger partial charge in [0.2, 0.25) is 0 Å². The van der Waals surface area contributed by atoms with Gasteiger partial charge in [0, 0.05) is 18.8 Å². The monoisotopic (exact) mass is 292 g/mol. The van der Waals surface area contributed by atoms with Gasteiger partial charge in [-0.15, -0.1) is 0 Å². The molecule has 21 heavy (non-hydrogen) atoms. The average molecular weight is 292 g/mol. The van der Waals surface area contributed by atoms with Crippen LogP contribution >= 0.6 is 0 Å². The second kappa shape index (κ2) is 6.13. The van der Waals surface area contributed by atoms with Crippen molar-refractivity contribution in [1.82, 2.24) is 4.90 Å². The van der Waals surface area contributed by atoms with Crippen LogP contribution in [-0.2, 0) is 14.9 Å². The van der Waals surface area contributed by atoms with Crippen LogP contribution in [0.2, 0.25) is 0 Å². The Bertz CT molecular complexity index is 519. The zero-order chi connectivity index (χ0) is 15.5. The van der Waals surface area contributed by atoms with Gasteiger partial charge < -0.3 is 20.1 Å². The Kier molecular flexibility index (Phi) is 4.47. The molecule has 2 N–H and O–H groups in total. The highest BCUT2D eigenvalue weighted by atomic mass is 16.5. The number of anilines is 1. The number of benzene rings is 1. The Morgan fingerprint density at radius 2 is 1.76 bits per heavy atom. The molecule has 0 spiro atoms. The second-order valence-corrected chi connectivity index (χ2v) is 5.54. The van der Waals surface area contributed by atoms with Gasteiger partial charge >= 0.3 is 12.0 Å². The first-order valence-corrected chi connectivity index (χ1v) is 6.89. The summed E-state index contributed by atoms with van der Waals surface area (Å²) in [6.45, 7) is 5.57. The number of carbonyl (C=O) groups is 2. The van der Waals surface area contributed by atoms with E-state index in [9.17, 15) is 14.7 Å². The van der Waals surface area contributed by atoms with Gasteiger partial charge in [0.1, 0.15) is 0 Å². The molecule has 0 aliphatic carbocycles. The van der Waals surface area contributed by atoms with Crippen molar-refractivity contribution in [3.05, 3.63) is 29.8 Å². The highest BCUT2D eigenvalue weighted by Crippen LogP contribution is 2.24. The van der Waals surface area contributed by atoms with Crippen molar-refractivity contribution in [2.75, 3.05) is 31.6 Å². The number of hydrogen-bond donors (Lipinski definition) is 2. The van der Waals surface area contributed by atoms with Crippen LogP contribution in [0.15, 0.2) is 24.3 Å². The number of urea groups is 1. The lowest BCUT2D eigenvalue weighted by molar-refractivity contribution is -0.142. The first-order chi connectivity index (χ1) is 9.91. The molecule has 2 amide bonds. The predicted octanol–water partition coefficient (Wildman–Crippen LogP) is 1.91. The highest BCUT2D eigenvalue weighted by Gasteiger charge is 2.29. The summed E-state index contributed by atoms with van der Waals surface area (Å²) in [5.74, 6) is -0.882. The maximum atomic E-state index is 12.0. The SMILES string of the molecule is CC(C)(C(=O)O)c1ccc(NC(=O)N2CCOCC2)cc1. The Balaban J connectivity index is 2.02. The van der Waals surface area contributed by atoms with Gasteiger partial charge in [0.15, 0.2) is 0 Å². The molecular formula is C15H20N2O4. The van der Waals surface area contributed by atoms with Gasteiger partial charge in [-0.05, 0) is 31.5 Å². The largest absolute Gasteiger partial charge is 0.481 e. The van der Waals surface area contributed by atoms with E-state index in [0.29, 0.717) is 37.6 Å². The summed E-state index contributed by atoms with van der Waals surface area (Å²) in [7, 11) is 0. The minimum absolute atomic E-state index is 0.163. The lowest BCUT2D eigenvalue weighted by Crippen LogP contribution is -2.43. The number of aliphatic carboxylic acids is 1. The lowest BCUT2D eigenvalue weighted by Gasteiger charge is -2.27. The predicted molar refractivity (Wildman–Crippen MR) is 78.5 cm³/mol. The molecule has 0 unspecified atom stereocenters. The summed E-state index contributed by atoms with van der Waals surface area (Å²) in [5.41, 5.74) is 0.392. The molecule has 1 aromatic carbocycles. The van der Waals surface area contributed by atoms with Crippen molar-refractivity contribution < 1.29 is 19.4 Å². The van der Waals surface area contributed by atoms with E-state index in [2.05, 4.69) is 5.32 Å². The van der Waals surface area contributed by atoms with Gasteiger partial charge in [-0.25, -0.2) is 4.79 Å². The number of hydrogen-bond acceptors (Lipinski definition) is 3. The van der Waals surface area contributed by atoms with Crippen LogP contribution in [-0.4, -0.2) is 48.3 Å². The summed E-state index contributed by atoms with van der Waals surface area (Å²) in [6, 6.07) is 6.73. The Hall–Kier alpha value is -2.08. The van der Waals surface area contributed by atoms with Crippen LogP contribution < -0.4 is 5.32 Å². The minimum Gasteiger partial charge on any atom is -0.481 e. The molecule has 0 aromatic heterocycles. The third-order valence-electron chi connectivity index (χ3n) is 3.69. The van der Waals surface area contributed by atoms with Crippen LogP contribution in [0.25, 0.3) is 0 Å². The third kappa shape index (κ3) is 3.52. The molecule has 0 saturated carbocycles. The summed E-state index contributed by atoms with van der Waals surface area (Å²) in [6.07, 6.45) is 0. The van der Waals surface area contributed by atoms with E-state index in [1.165, 1.54) is 0 Å². The molecule has 0 atom stereocenters. The zero-order valence-electron chi connectivity index (χ0n) is 12.3. The summed E-state index contributed by atoms with van der Waals surface area (Å²) >= 11 is 0. The molecule has 114 valence electrons. The quantitative estimate of drug-likeness (QED) is 0.892. The number of rotatable bonds is 3. The molecule has 6 nitrogen and oxygen atoms in total. The van der Waals surface area contributed by atoms with Crippen molar-refractivity contribution in [1.29, 1.82) is 0 Å². The molecule has 0 radical (unpaired) electrons. The molecule has 1 fully saturated rings.